The van der Waals surface area contributed by atoms with E-state index in [9.17, 15) is 13.2 Å². The van der Waals surface area contributed by atoms with Crippen molar-refractivity contribution < 1.29 is 17.9 Å². The third-order valence-electron chi connectivity index (χ3n) is 6.79. The first kappa shape index (κ1) is 35.2. The van der Waals surface area contributed by atoms with Crippen molar-refractivity contribution in [1.29, 1.82) is 0 Å². The van der Waals surface area contributed by atoms with Crippen LogP contribution in [0.15, 0.2) is 96.2 Å². The summed E-state index contributed by atoms with van der Waals surface area (Å²) in [6, 6.07) is 21.2. The molecule has 1 aromatic heterocycles. The molecule has 1 aliphatic heterocycles. The number of halogens is 4. The second-order valence-corrected chi connectivity index (χ2v) is 12.1. The molecule has 9 nitrogen and oxygen atoms in total. The number of nitrogens with zero attached hydrogens (tertiary/aromatic N) is 3. The van der Waals surface area contributed by atoms with E-state index < -0.39 is 10.0 Å². The fraction of sp³-hybridized carbons (Fsp3) is 0.200. The number of amides is 1. The Labute approximate surface area is 279 Å². The highest BCUT2D eigenvalue weighted by molar-refractivity contribution is 7.92. The first-order chi connectivity index (χ1) is 20.3. The average molecular weight is 699 g/mol. The molecule has 44 heavy (non-hydrogen) atoms. The molecule has 0 bridgehead atoms. The van der Waals surface area contributed by atoms with Crippen LogP contribution in [0.5, 0.6) is 11.5 Å². The van der Waals surface area contributed by atoms with Crippen LogP contribution in [-0.2, 0) is 10.0 Å². The summed E-state index contributed by atoms with van der Waals surface area (Å²) in [6.45, 7) is 4.84. The molecule has 0 saturated carbocycles. The van der Waals surface area contributed by atoms with Gasteiger partial charge in [0.2, 0.25) is 0 Å². The van der Waals surface area contributed by atoms with E-state index in [2.05, 4.69) is 24.8 Å². The number of hydrogen-bond donors (Lipinski definition) is 2. The van der Waals surface area contributed by atoms with Crippen molar-refractivity contribution >= 4 is 75.3 Å². The van der Waals surface area contributed by atoms with Gasteiger partial charge >= 0.3 is 0 Å². The second-order valence-electron chi connectivity index (χ2n) is 9.59. The molecule has 0 aliphatic carbocycles. The first-order valence-corrected chi connectivity index (χ1v) is 15.5. The summed E-state index contributed by atoms with van der Waals surface area (Å²) in [5.41, 5.74) is 1.77. The molecule has 1 saturated heterocycles. The second kappa shape index (κ2) is 16.2. The summed E-state index contributed by atoms with van der Waals surface area (Å²) in [5.74, 6) is 0.330. The Morgan fingerprint density at radius 2 is 1.55 bits per heavy atom. The zero-order valence-corrected chi connectivity index (χ0v) is 27.3. The van der Waals surface area contributed by atoms with Crippen LogP contribution in [0.2, 0.25) is 10.0 Å². The first-order valence-electron chi connectivity index (χ1n) is 13.3. The Balaban J connectivity index is 0.00000264. The fourth-order valence-corrected chi connectivity index (χ4v) is 6.04. The number of carbonyl (C=O) groups is 1. The molecule has 0 atom stereocenters. The van der Waals surface area contributed by atoms with Crippen LogP contribution in [0.4, 0.5) is 11.4 Å². The maximum atomic E-state index is 13.1. The van der Waals surface area contributed by atoms with Crippen LogP contribution >= 0.6 is 48.0 Å². The number of benzene rings is 3. The lowest BCUT2D eigenvalue weighted by atomic mass is 10.2. The monoisotopic (exact) mass is 697 g/mol. The van der Waals surface area contributed by atoms with Crippen molar-refractivity contribution in [2.75, 3.05) is 48.9 Å². The normalized spacial score (nSPS) is 13.3. The van der Waals surface area contributed by atoms with E-state index in [-0.39, 0.29) is 52.1 Å². The highest BCUT2D eigenvalue weighted by Crippen LogP contribution is 2.35. The van der Waals surface area contributed by atoms with Crippen LogP contribution in [0, 0.1) is 0 Å². The number of sulfonamides is 1. The standard InChI is InChI=1S/C30H29Cl2N5O4S.2ClH/c31-23-7-10-28(26(32)21-23)41-29-4-2-1-3-27(29)35-42(39,40)25-8-5-22(6-9-25)30(38)34-15-16-36-17-19-37(20-18-36)24-11-13-33-14-12-24;;/h1-14,21,35H,15-20H2,(H,34,38);2*1H. The number of ether oxygens (including phenoxy) is 1. The van der Waals surface area contributed by atoms with Crippen LogP contribution in [0.25, 0.3) is 0 Å². The smallest absolute Gasteiger partial charge is 0.262 e. The molecule has 234 valence electrons. The zero-order chi connectivity index (χ0) is 29.5. The molecule has 0 unspecified atom stereocenters. The van der Waals surface area contributed by atoms with E-state index in [0.717, 1.165) is 32.7 Å². The Hall–Kier alpha value is -3.25. The van der Waals surface area contributed by atoms with Crippen LogP contribution in [0.3, 0.4) is 0 Å². The number of rotatable bonds is 10. The van der Waals surface area contributed by atoms with Crippen molar-refractivity contribution in [3.05, 3.63) is 107 Å². The van der Waals surface area contributed by atoms with E-state index in [1.807, 2.05) is 12.1 Å². The van der Waals surface area contributed by atoms with Gasteiger partial charge in [0.25, 0.3) is 15.9 Å². The van der Waals surface area contributed by atoms with Gasteiger partial charge in [-0.1, -0.05) is 35.3 Å². The number of carbonyl (C=O) groups excluding carboxylic acids is 1. The summed E-state index contributed by atoms with van der Waals surface area (Å²) in [6.07, 6.45) is 3.59. The zero-order valence-electron chi connectivity index (χ0n) is 23.4. The SMILES string of the molecule is Cl.Cl.O=C(NCCN1CCN(c2ccncc2)CC1)c1ccc(S(=O)(=O)Nc2ccccc2Oc2ccc(Cl)cc2Cl)cc1. The van der Waals surface area contributed by atoms with E-state index in [1.54, 1.807) is 48.8 Å². The molecule has 0 spiro atoms. The summed E-state index contributed by atoms with van der Waals surface area (Å²) in [5, 5.41) is 3.67. The molecule has 14 heteroatoms. The van der Waals surface area contributed by atoms with Gasteiger partial charge < -0.3 is 15.0 Å². The Bertz CT molecular complexity index is 1640. The highest BCUT2D eigenvalue weighted by Gasteiger charge is 2.19. The number of piperazine rings is 1. The molecule has 2 heterocycles. The maximum absolute atomic E-state index is 13.1. The van der Waals surface area contributed by atoms with Crippen molar-refractivity contribution in [3.63, 3.8) is 0 Å². The summed E-state index contributed by atoms with van der Waals surface area (Å²) in [4.78, 5) is 21.4. The quantitative estimate of drug-likeness (QED) is 0.198. The number of para-hydroxylation sites is 2. The number of pyridine rings is 1. The van der Waals surface area contributed by atoms with Gasteiger partial charge in [0, 0.05) is 67.9 Å². The Kier molecular flexibility index (Phi) is 12.9. The predicted octanol–water partition coefficient (Wildman–Crippen LogP) is 6.38. The molecule has 4 aromatic rings. The van der Waals surface area contributed by atoms with Gasteiger partial charge in [-0.05, 0) is 66.7 Å². The summed E-state index contributed by atoms with van der Waals surface area (Å²) in [7, 11) is -3.97. The number of anilines is 2. The van der Waals surface area contributed by atoms with Gasteiger partial charge in [-0.3, -0.25) is 19.4 Å². The highest BCUT2D eigenvalue weighted by atomic mass is 35.5. The van der Waals surface area contributed by atoms with Gasteiger partial charge in [-0.15, -0.1) is 24.8 Å². The molecule has 3 aromatic carbocycles. The molecule has 1 amide bonds. The Morgan fingerprint density at radius 1 is 0.864 bits per heavy atom. The number of hydrogen-bond acceptors (Lipinski definition) is 7. The van der Waals surface area contributed by atoms with Gasteiger partial charge in [0.1, 0.15) is 5.75 Å². The van der Waals surface area contributed by atoms with E-state index >= 15 is 0 Å². The predicted molar refractivity (Wildman–Crippen MR) is 180 cm³/mol. The lowest BCUT2D eigenvalue weighted by Crippen LogP contribution is -2.48. The largest absolute Gasteiger partial charge is 0.454 e. The van der Waals surface area contributed by atoms with Gasteiger partial charge in [0.15, 0.2) is 5.75 Å². The van der Waals surface area contributed by atoms with Crippen molar-refractivity contribution in [3.8, 4) is 11.5 Å². The molecule has 1 fully saturated rings. The van der Waals surface area contributed by atoms with E-state index in [0.29, 0.717) is 22.9 Å². The van der Waals surface area contributed by atoms with Crippen LogP contribution < -0.4 is 19.7 Å². The third kappa shape index (κ3) is 9.13. The summed E-state index contributed by atoms with van der Waals surface area (Å²) < 4.78 is 34.7. The molecule has 0 radical (unpaired) electrons. The number of aromatic nitrogens is 1. The van der Waals surface area contributed by atoms with E-state index in [4.69, 9.17) is 27.9 Å². The maximum Gasteiger partial charge on any atom is 0.262 e. The van der Waals surface area contributed by atoms with Gasteiger partial charge in [0.05, 0.1) is 15.6 Å². The lowest BCUT2D eigenvalue weighted by molar-refractivity contribution is 0.0947. The molecular weight excluding hydrogens is 668 g/mol. The molecular formula is C30H31Cl4N5O4S. The van der Waals surface area contributed by atoms with E-state index in [1.165, 1.54) is 36.0 Å². The van der Waals surface area contributed by atoms with Crippen molar-refractivity contribution in [2.24, 2.45) is 0 Å². The topological polar surface area (TPSA) is 104 Å². The summed E-state index contributed by atoms with van der Waals surface area (Å²) >= 11 is 12.2. The Morgan fingerprint density at radius 3 is 2.23 bits per heavy atom. The average Bonchev–Trinajstić information content (AvgIpc) is 3.00. The minimum atomic E-state index is -3.97. The molecule has 2 N–H and O–H groups in total. The molecule has 1 aliphatic rings. The fourth-order valence-electron chi connectivity index (χ4n) is 4.52. The third-order valence-corrected chi connectivity index (χ3v) is 8.70. The van der Waals surface area contributed by atoms with Gasteiger partial charge in [-0.25, -0.2) is 8.42 Å². The molecule has 5 rings (SSSR count). The lowest BCUT2D eigenvalue weighted by Gasteiger charge is -2.36. The minimum absolute atomic E-state index is 0. The minimum Gasteiger partial charge on any atom is -0.454 e. The van der Waals surface area contributed by atoms with Crippen molar-refractivity contribution in [1.82, 2.24) is 15.2 Å². The van der Waals surface area contributed by atoms with Gasteiger partial charge in [-0.2, -0.15) is 0 Å². The number of nitrogens with one attached hydrogen (secondary N) is 2. The van der Waals surface area contributed by atoms with Crippen molar-refractivity contribution in [2.45, 2.75) is 4.90 Å². The van der Waals surface area contributed by atoms with Crippen LogP contribution in [-0.4, -0.2) is 63.5 Å². The van der Waals surface area contributed by atoms with Crippen LogP contribution in [0.1, 0.15) is 10.4 Å².